The van der Waals surface area contributed by atoms with E-state index in [1.54, 1.807) is 0 Å². The molecule has 1 saturated carbocycles. The van der Waals surface area contributed by atoms with Crippen LogP contribution >= 0.6 is 11.6 Å². The van der Waals surface area contributed by atoms with Gasteiger partial charge in [-0.3, -0.25) is 9.48 Å². The third-order valence-corrected chi connectivity index (χ3v) is 6.33. The summed E-state index contributed by atoms with van der Waals surface area (Å²) in [6, 6.07) is 17.9. The molecule has 1 amide bonds. The molecule has 2 aliphatic rings. The van der Waals surface area contributed by atoms with Gasteiger partial charge in [0.05, 0.1) is 24.3 Å². The highest BCUT2D eigenvalue weighted by molar-refractivity contribution is 6.30. The number of carbonyl (C=O) groups is 1. The van der Waals surface area contributed by atoms with Gasteiger partial charge in [-0.25, -0.2) is 0 Å². The van der Waals surface area contributed by atoms with E-state index < -0.39 is 5.41 Å². The number of benzene rings is 2. The maximum atomic E-state index is 13.0. The molecule has 1 aliphatic carbocycles. The minimum atomic E-state index is -0.422. The van der Waals surface area contributed by atoms with E-state index in [2.05, 4.69) is 23.6 Å². The van der Waals surface area contributed by atoms with Crippen molar-refractivity contribution in [1.29, 1.82) is 0 Å². The van der Waals surface area contributed by atoms with E-state index in [1.165, 1.54) is 11.1 Å². The molecule has 0 radical (unpaired) electrons. The summed E-state index contributed by atoms with van der Waals surface area (Å²) in [6.45, 7) is 1.81. The number of carbonyl (C=O) groups excluding carboxylic acids is 1. The van der Waals surface area contributed by atoms with Gasteiger partial charge in [0.2, 0.25) is 5.91 Å². The van der Waals surface area contributed by atoms with Crippen molar-refractivity contribution >= 4 is 17.5 Å². The van der Waals surface area contributed by atoms with Gasteiger partial charge in [0.25, 0.3) is 0 Å². The zero-order valence-corrected chi connectivity index (χ0v) is 17.4. The van der Waals surface area contributed by atoms with Gasteiger partial charge >= 0.3 is 0 Å². The Morgan fingerprint density at radius 2 is 1.93 bits per heavy atom. The molecule has 6 heteroatoms. The fourth-order valence-electron chi connectivity index (χ4n) is 4.23. The van der Waals surface area contributed by atoms with Crippen molar-refractivity contribution in [3.63, 3.8) is 0 Å². The first kappa shape index (κ1) is 19.3. The normalized spacial score (nSPS) is 19.2. The second-order valence-corrected chi connectivity index (χ2v) is 8.57. The molecule has 30 heavy (non-hydrogen) atoms. The van der Waals surface area contributed by atoms with Crippen LogP contribution in [0.25, 0.3) is 0 Å². The second-order valence-electron chi connectivity index (χ2n) is 8.13. The Balaban J connectivity index is 1.27. The summed E-state index contributed by atoms with van der Waals surface area (Å²) in [7, 11) is 0. The van der Waals surface area contributed by atoms with Gasteiger partial charge in [0, 0.05) is 17.8 Å². The van der Waals surface area contributed by atoms with Gasteiger partial charge in [-0.15, -0.1) is 0 Å². The lowest BCUT2D eigenvalue weighted by Gasteiger charge is -2.24. The van der Waals surface area contributed by atoms with Crippen LogP contribution in [0, 0.1) is 0 Å². The first-order valence-electron chi connectivity index (χ1n) is 10.4. The second kappa shape index (κ2) is 7.89. The van der Waals surface area contributed by atoms with E-state index in [0.717, 1.165) is 37.1 Å². The van der Waals surface area contributed by atoms with E-state index in [1.807, 2.05) is 47.1 Å². The maximum absolute atomic E-state index is 13.0. The standard InChI is InChI=1S/C24H24ClN3O2/c25-20-8-6-19(7-9-20)24(11-12-24)23(29)26-14-21-22-18(10-13-30-21)16-28(27-22)15-17-4-2-1-3-5-17/h1-9,16,21H,10-15H2,(H,26,29)/t21-/m1/s1. The monoisotopic (exact) mass is 421 g/mol. The zero-order valence-electron chi connectivity index (χ0n) is 16.7. The van der Waals surface area contributed by atoms with Crippen LogP contribution < -0.4 is 5.32 Å². The Bertz CT molecular complexity index is 1040. The van der Waals surface area contributed by atoms with Crippen LogP contribution in [-0.2, 0) is 27.9 Å². The average Bonchev–Trinajstić information content (AvgIpc) is 3.47. The molecule has 1 aliphatic heterocycles. The number of nitrogens with one attached hydrogen (secondary N) is 1. The number of hydrogen-bond acceptors (Lipinski definition) is 3. The highest BCUT2D eigenvalue weighted by Gasteiger charge is 2.51. The first-order valence-corrected chi connectivity index (χ1v) is 10.8. The molecule has 1 N–H and O–H groups in total. The van der Waals surface area contributed by atoms with Crippen LogP contribution in [0.3, 0.4) is 0 Å². The van der Waals surface area contributed by atoms with Gasteiger partial charge in [0.15, 0.2) is 0 Å². The fraction of sp³-hybridized carbons (Fsp3) is 0.333. The summed E-state index contributed by atoms with van der Waals surface area (Å²) in [6.07, 6.45) is 4.47. The van der Waals surface area contributed by atoms with Gasteiger partial charge < -0.3 is 10.1 Å². The Kier molecular flexibility index (Phi) is 5.09. The summed E-state index contributed by atoms with van der Waals surface area (Å²) in [5.74, 6) is 0.0595. The van der Waals surface area contributed by atoms with Crippen molar-refractivity contribution in [3.8, 4) is 0 Å². The molecular weight excluding hydrogens is 398 g/mol. The Morgan fingerprint density at radius 3 is 2.67 bits per heavy atom. The number of ether oxygens (including phenoxy) is 1. The molecule has 3 aromatic rings. The molecule has 0 unspecified atom stereocenters. The van der Waals surface area contributed by atoms with Crippen LogP contribution in [0.2, 0.25) is 5.02 Å². The predicted octanol–water partition coefficient (Wildman–Crippen LogP) is 4.05. The summed E-state index contributed by atoms with van der Waals surface area (Å²) in [4.78, 5) is 13.0. The lowest BCUT2D eigenvalue weighted by atomic mass is 9.95. The summed E-state index contributed by atoms with van der Waals surface area (Å²) < 4.78 is 7.94. The largest absolute Gasteiger partial charge is 0.370 e. The van der Waals surface area contributed by atoms with Crippen molar-refractivity contribution in [3.05, 3.63) is 88.2 Å². The summed E-state index contributed by atoms with van der Waals surface area (Å²) in [5.41, 5.74) is 3.96. The Labute approximate surface area is 181 Å². The smallest absolute Gasteiger partial charge is 0.230 e. The third kappa shape index (κ3) is 3.75. The topological polar surface area (TPSA) is 56.1 Å². The van der Waals surface area contributed by atoms with E-state index in [9.17, 15) is 4.79 Å². The molecule has 5 rings (SSSR count). The number of rotatable bonds is 6. The van der Waals surface area contributed by atoms with Crippen LogP contribution in [0.5, 0.6) is 0 Å². The third-order valence-electron chi connectivity index (χ3n) is 6.08. The molecule has 154 valence electrons. The highest BCUT2D eigenvalue weighted by Crippen LogP contribution is 2.48. The lowest BCUT2D eigenvalue weighted by molar-refractivity contribution is -0.124. The van der Waals surface area contributed by atoms with Crippen molar-refractivity contribution in [2.24, 2.45) is 0 Å². The molecule has 2 heterocycles. The predicted molar refractivity (Wildman–Crippen MR) is 116 cm³/mol. The van der Waals surface area contributed by atoms with Crippen molar-refractivity contribution in [2.75, 3.05) is 13.2 Å². The molecule has 1 aromatic heterocycles. The van der Waals surface area contributed by atoms with Crippen molar-refractivity contribution in [2.45, 2.75) is 37.3 Å². The van der Waals surface area contributed by atoms with E-state index in [-0.39, 0.29) is 12.0 Å². The van der Waals surface area contributed by atoms with Crippen molar-refractivity contribution in [1.82, 2.24) is 15.1 Å². The number of nitrogens with zero attached hydrogens (tertiary/aromatic N) is 2. The minimum absolute atomic E-state index is 0.0595. The summed E-state index contributed by atoms with van der Waals surface area (Å²) >= 11 is 6.00. The molecule has 0 saturated heterocycles. The number of halogens is 1. The minimum Gasteiger partial charge on any atom is -0.370 e. The van der Waals surface area contributed by atoms with Crippen molar-refractivity contribution < 1.29 is 9.53 Å². The Morgan fingerprint density at radius 1 is 1.17 bits per heavy atom. The zero-order chi connectivity index (χ0) is 20.6. The van der Waals surface area contributed by atoms with Crippen LogP contribution in [0.4, 0.5) is 0 Å². The van der Waals surface area contributed by atoms with Crippen LogP contribution in [0.15, 0.2) is 60.8 Å². The highest BCUT2D eigenvalue weighted by atomic mass is 35.5. The molecule has 1 atom stereocenters. The molecule has 0 spiro atoms. The van der Waals surface area contributed by atoms with E-state index in [0.29, 0.717) is 18.2 Å². The first-order chi connectivity index (χ1) is 14.6. The summed E-state index contributed by atoms with van der Waals surface area (Å²) in [5, 5.41) is 8.58. The van der Waals surface area contributed by atoms with Gasteiger partial charge in [0.1, 0.15) is 6.10 Å². The van der Waals surface area contributed by atoms with E-state index in [4.69, 9.17) is 21.4 Å². The van der Waals surface area contributed by atoms with E-state index >= 15 is 0 Å². The maximum Gasteiger partial charge on any atom is 0.230 e. The average molecular weight is 422 g/mol. The van der Waals surface area contributed by atoms with Crippen LogP contribution in [0.1, 0.15) is 41.3 Å². The molecule has 0 bridgehead atoms. The number of hydrogen-bond donors (Lipinski definition) is 1. The SMILES string of the molecule is O=C(NC[C@H]1OCCc2cn(Cc3ccccc3)nc21)C1(c2ccc(Cl)cc2)CC1. The number of amides is 1. The Hall–Kier alpha value is -2.63. The molecule has 2 aromatic carbocycles. The molecule has 5 nitrogen and oxygen atoms in total. The van der Waals surface area contributed by atoms with Gasteiger partial charge in [-0.1, -0.05) is 54.1 Å². The fourth-order valence-corrected chi connectivity index (χ4v) is 4.36. The van der Waals surface area contributed by atoms with Gasteiger partial charge in [-0.2, -0.15) is 5.10 Å². The van der Waals surface area contributed by atoms with Crippen LogP contribution in [-0.4, -0.2) is 28.8 Å². The number of fused-ring (bicyclic) bond motifs is 1. The number of aromatic nitrogens is 2. The van der Waals surface area contributed by atoms with Gasteiger partial charge in [-0.05, 0) is 48.1 Å². The lowest BCUT2D eigenvalue weighted by Crippen LogP contribution is -2.38. The molecular formula is C24H24ClN3O2. The molecule has 1 fully saturated rings. The quantitative estimate of drug-likeness (QED) is 0.653.